The number of anilines is 3. The molecule has 2 heterocycles. The zero-order valence-electron chi connectivity index (χ0n) is 14.0. The molecule has 0 radical (unpaired) electrons. The maximum absolute atomic E-state index is 12.9. The van der Waals surface area contributed by atoms with Gasteiger partial charge in [0.25, 0.3) is 0 Å². The Morgan fingerprint density at radius 1 is 1.12 bits per heavy atom. The molecule has 0 aromatic heterocycles. The minimum absolute atomic E-state index is 0.0433. The largest absolute Gasteiger partial charge is 0.365 e. The molecule has 4 nitrogen and oxygen atoms in total. The van der Waals surface area contributed by atoms with Crippen LogP contribution < -0.4 is 15.1 Å². The highest BCUT2D eigenvalue weighted by atomic mass is 16.2. The molecule has 0 bridgehead atoms. The molecule has 24 heavy (non-hydrogen) atoms. The van der Waals surface area contributed by atoms with Crippen LogP contribution in [0.5, 0.6) is 0 Å². The minimum atomic E-state index is -0.0433. The molecule has 1 fully saturated rings. The van der Waals surface area contributed by atoms with Crippen LogP contribution >= 0.6 is 0 Å². The highest BCUT2D eigenvalue weighted by molar-refractivity contribution is 6.04. The van der Waals surface area contributed by atoms with Crippen molar-refractivity contribution in [3.8, 4) is 0 Å². The maximum atomic E-state index is 12.9. The summed E-state index contributed by atoms with van der Waals surface area (Å²) in [6.45, 7) is 3.98. The molecule has 1 N–H and O–H groups in total. The topological polar surface area (TPSA) is 35.6 Å². The third-order valence-corrected chi connectivity index (χ3v) is 5.11. The van der Waals surface area contributed by atoms with E-state index in [1.165, 1.54) is 17.7 Å². The Hall–Kier alpha value is -2.49. The van der Waals surface area contributed by atoms with E-state index in [-0.39, 0.29) is 6.03 Å². The molecule has 2 aliphatic rings. The Bertz CT molecular complexity index is 741. The number of carbonyl (C=O) groups is 1. The number of para-hydroxylation sites is 2. The number of amides is 2. The Labute approximate surface area is 143 Å². The number of hydrogen-bond donors (Lipinski definition) is 1. The Kier molecular flexibility index (Phi) is 3.89. The number of carbonyl (C=O) groups excluding carboxylic acids is 1. The highest BCUT2D eigenvalue weighted by Crippen LogP contribution is 2.39. The van der Waals surface area contributed by atoms with E-state index in [1.807, 2.05) is 29.2 Å². The van der Waals surface area contributed by atoms with E-state index < -0.39 is 0 Å². The summed E-state index contributed by atoms with van der Waals surface area (Å²) in [5.74, 6) is 0. The Morgan fingerprint density at radius 2 is 1.88 bits per heavy atom. The molecule has 2 aromatic rings. The molecular formula is C20H23N3O. The fourth-order valence-corrected chi connectivity index (χ4v) is 3.79. The molecule has 1 atom stereocenters. The lowest BCUT2D eigenvalue weighted by Crippen LogP contribution is -2.49. The Balaban J connectivity index is 1.58. The highest BCUT2D eigenvalue weighted by Gasteiger charge is 2.36. The van der Waals surface area contributed by atoms with Crippen molar-refractivity contribution in [2.45, 2.75) is 32.2 Å². The van der Waals surface area contributed by atoms with Crippen molar-refractivity contribution in [2.24, 2.45) is 0 Å². The van der Waals surface area contributed by atoms with Gasteiger partial charge in [-0.15, -0.1) is 0 Å². The second-order valence-electron chi connectivity index (χ2n) is 6.57. The number of fused-ring (bicyclic) bond motifs is 3. The van der Waals surface area contributed by atoms with Crippen molar-refractivity contribution in [1.29, 1.82) is 0 Å². The summed E-state index contributed by atoms with van der Waals surface area (Å²) in [7, 11) is 0. The van der Waals surface area contributed by atoms with Gasteiger partial charge in [-0.25, -0.2) is 4.79 Å². The van der Waals surface area contributed by atoms with Crippen LogP contribution in [0.4, 0.5) is 21.9 Å². The lowest BCUT2D eigenvalue weighted by atomic mass is 10.1. The van der Waals surface area contributed by atoms with Gasteiger partial charge in [-0.05, 0) is 49.1 Å². The van der Waals surface area contributed by atoms with Gasteiger partial charge in [0.1, 0.15) is 0 Å². The van der Waals surface area contributed by atoms with Crippen molar-refractivity contribution in [3.63, 3.8) is 0 Å². The summed E-state index contributed by atoms with van der Waals surface area (Å²) in [6.07, 6.45) is 3.36. The van der Waals surface area contributed by atoms with Crippen LogP contribution in [0, 0.1) is 0 Å². The van der Waals surface area contributed by atoms with Crippen LogP contribution in [0.1, 0.15) is 25.3 Å². The van der Waals surface area contributed by atoms with Crippen molar-refractivity contribution < 1.29 is 4.79 Å². The first-order chi connectivity index (χ1) is 11.8. The minimum Gasteiger partial charge on any atom is -0.365 e. The van der Waals surface area contributed by atoms with E-state index in [9.17, 15) is 4.79 Å². The zero-order chi connectivity index (χ0) is 16.5. The summed E-state index contributed by atoms with van der Waals surface area (Å²) < 4.78 is 0. The van der Waals surface area contributed by atoms with Crippen LogP contribution in [0.25, 0.3) is 0 Å². The molecule has 0 spiro atoms. The number of benzene rings is 2. The summed E-state index contributed by atoms with van der Waals surface area (Å²) in [6, 6.07) is 16.7. The lowest BCUT2D eigenvalue weighted by molar-refractivity contribution is 0.256. The SMILES string of the molecule is CCc1ccc(NC(=O)N2CC3CCCN3c3ccccc32)cc1. The Morgan fingerprint density at radius 3 is 2.62 bits per heavy atom. The summed E-state index contributed by atoms with van der Waals surface area (Å²) in [5, 5.41) is 3.05. The standard InChI is InChI=1S/C20H23N3O/c1-2-15-9-11-16(12-10-15)21-20(24)23-14-17-6-5-13-22(17)18-7-3-4-8-19(18)23/h3-4,7-12,17H,2,5-6,13-14H2,1H3,(H,21,24). The van der Waals surface area contributed by atoms with Gasteiger partial charge in [0.2, 0.25) is 0 Å². The lowest BCUT2D eigenvalue weighted by Gasteiger charge is -2.40. The van der Waals surface area contributed by atoms with Gasteiger partial charge in [0.05, 0.1) is 11.4 Å². The number of hydrogen-bond acceptors (Lipinski definition) is 2. The molecule has 0 aliphatic carbocycles. The van der Waals surface area contributed by atoms with Crippen LogP contribution in [-0.2, 0) is 6.42 Å². The van der Waals surface area contributed by atoms with Crippen LogP contribution in [-0.4, -0.2) is 25.2 Å². The molecule has 1 unspecified atom stereocenters. The van der Waals surface area contributed by atoms with E-state index in [4.69, 9.17) is 0 Å². The number of urea groups is 1. The molecule has 4 rings (SSSR count). The molecule has 2 aliphatic heterocycles. The maximum Gasteiger partial charge on any atom is 0.326 e. The van der Waals surface area contributed by atoms with Gasteiger partial charge >= 0.3 is 6.03 Å². The molecule has 4 heteroatoms. The second-order valence-corrected chi connectivity index (χ2v) is 6.57. The van der Waals surface area contributed by atoms with Crippen molar-refractivity contribution in [2.75, 3.05) is 28.2 Å². The van der Waals surface area contributed by atoms with Gasteiger partial charge < -0.3 is 10.2 Å². The summed E-state index contributed by atoms with van der Waals surface area (Å²) >= 11 is 0. The van der Waals surface area contributed by atoms with E-state index in [2.05, 4.69) is 41.4 Å². The van der Waals surface area contributed by atoms with Gasteiger partial charge in [-0.1, -0.05) is 31.2 Å². The van der Waals surface area contributed by atoms with Crippen molar-refractivity contribution in [3.05, 3.63) is 54.1 Å². The fourth-order valence-electron chi connectivity index (χ4n) is 3.79. The molecule has 0 saturated carbocycles. The normalized spacial score (nSPS) is 19.0. The van der Waals surface area contributed by atoms with Crippen LogP contribution in [0.3, 0.4) is 0 Å². The second kappa shape index (κ2) is 6.19. The molecule has 124 valence electrons. The average Bonchev–Trinajstić information content (AvgIpc) is 3.10. The van der Waals surface area contributed by atoms with E-state index in [0.717, 1.165) is 37.3 Å². The number of nitrogens with one attached hydrogen (secondary N) is 1. The van der Waals surface area contributed by atoms with E-state index in [1.54, 1.807) is 0 Å². The van der Waals surface area contributed by atoms with Gasteiger partial charge in [-0.2, -0.15) is 0 Å². The average molecular weight is 321 g/mol. The molecule has 2 aromatic carbocycles. The third-order valence-electron chi connectivity index (χ3n) is 5.11. The number of rotatable bonds is 2. The number of nitrogens with zero attached hydrogens (tertiary/aromatic N) is 2. The predicted molar refractivity (Wildman–Crippen MR) is 99.0 cm³/mol. The summed E-state index contributed by atoms with van der Waals surface area (Å²) in [4.78, 5) is 17.2. The van der Waals surface area contributed by atoms with Crippen molar-refractivity contribution >= 4 is 23.1 Å². The smallest absolute Gasteiger partial charge is 0.326 e. The van der Waals surface area contributed by atoms with Gasteiger partial charge in [0.15, 0.2) is 0 Å². The predicted octanol–water partition coefficient (Wildman–Crippen LogP) is 4.27. The third kappa shape index (κ3) is 2.62. The first-order valence-corrected chi connectivity index (χ1v) is 8.79. The quantitative estimate of drug-likeness (QED) is 0.896. The van der Waals surface area contributed by atoms with E-state index in [0.29, 0.717) is 6.04 Å². The first kappa shape index (κ1) is 15.1. The van der Waals surface area contributed by atoms with E-state index >= 15 is 0 Å². The fraction of sp³-hybridized carbons (Fsp3) is 0.350. The first-order valence-electron chi connectivity index (χ1n) is 8.79. The number of aryl methyl sites for hydroxylation is 1. The monoisotopic (exact) mass is 321 g/mol. The van der Waals surface area contributed by atoms with Crippen LogP contribution in [0.15, 0.2) is 48.5 Å². The van der Waals surface area contributed by atoms with Crippen molar-refractivity contribution in [1.82, 2.24) is 0 Å². The zero-order valence-corrected chi connectivity index (χ0v) is 14.0. The molecule has 2 amide bonds. The molecule has 1 saturated heterocycles. The van der Waals surface area contributed by atoms with Gasteiger partial charge in [-0.3, -0.25) is 4.90 Å². The molecular weight excluding hydrogens is 298 g/mol. The van der Waals surface area contributed by atoms with Crippen LogP contribution in [0.2, 0.25) is 0 Å². The summed E-state index contributed by atoms with van der Waals surface area (Å²) in [5.41, 5.74) is 4.32. The van der Waals surface area contributed by atoms with Gasteiger partial charge in [0, 0.05) is 24.8 Å².